The van der Waals surface area contributed by atoms with E-state index < -0.39 is 0 Å². The summed E-state index contributed by atoms with van der Waals surface area (Å²) in [7, 11) is 0. The number of rotatable bonds is 8. The molecule has 0 saturated heterocycles. The molecular formula is C21H29NO2. The van der Waals surface area contributed by atoms with Gasteiger partial charge in [-0.25, -0.2) is 0 Å². The van der Waals surface area contributed by atoms with Gasteiger partial charge in [0.05, 0.1) is 13.2 Å². The van der Waals surface area contributed by atoms with Crippen LogP contribution >= 0.6 is 0 Å². The van der Waals surface area contributed by atoms with Gasteiger partial charge in [-0.2, -0.15) is 0 Å². The number of hydrogen-bond acceptors (Lipinski definition) is 3. The quantitative estimate of drug-likeness (QED) is 0.541. The molecule has 0 amide bonds. The van der Waals surface area contributed by atoms with E-state index in [1.54, 1.807) is 0 Å². The average molecular weight is 327 g/mol. The van der Waals surface area contributed by atoms with Gasteiger partial charge in [0.2, 0.25) is 0 Å². The van der Waals surface area contributed by atoms with Crippen molar-refractivity contribution in [3.05, 3.63) is 53.6 Å². The highest BCUT2D eigenvalue weighted by molar-refractivity contribution is 5.47. The predicted molar refractivity (Wildman–Crippen MR) is 101 cm³/mol. The van der Waals surface area contributed by atoms with E-state index in [1.807, 2.05) is 25.1 Å². The molecule has 0 aliphatic heterocycles. The molecule has 3 nitrogen and oxygen atoms in total. The summed E-state index contributed by atoms with van der Waals surface area (Å²) in [6, 6.07) is 14.1. The van der Waals surface area contributed by atoms with Crippen molar-refractivity contribution in [1.82, 2.24) is 0 Å². The van der Waals surface area contributed by atoms with Crippen LogP contribution in [0.2, 0.25) is 0 Å². The summed E-state index contributed by atoms with van der Waals surface area (Å²) in [6.45, 7) is 10.0. The van der Waals surface area contributed by atoms with E-state index in [1.165, 1.54) is 5.56 Å². The molecule has 130 valence electrons. The number of nitrogens with two attached hydrogens (primary N) is 1. The lowest BCUT2D eigenvalue weighted by Gasteiger charge is -2.23. The Bertz CT molecular complexity index is 647. The first-order chi connectivity index (χ1) is 11.4. The Morgan fingerprint density at radius 2 is 1.62 bits per heavy atom. The van der Waals surface area contributed by atoms with Crippen LogP contribution in [0.5, 0.6) is 11.5 Å². The molecule has 0 aromatic heterocycles. The topological polar surface area (TPSA) is 44.5 Å². The normalized spacial score (nSPS) is 11.3. The van der Waals surface area contributed by atoms with E-state index in [4.69, 9.17) is 15.2 Å². The van der Waals surface area contributed by atoms with E-state index in [0.29, 0.717) is 13.2 Å². The second-order valence-corrected chi connectivity index (χ2v) is 6.84. The number of anilines is 1. The van der Waals surface area contributed by atoms with Crippen molar-refractivity contribution in [3.8, 4) is 11.5 Å². The Morgan fingerprint density at radius 1 is 0.958 bits per heavy atom. The SMILES string of the molecule is CCC(C)(C)c1ccc(OCCCOc2cc(N)ccc2C)cc1. The van der Waals surface area contributed by atoms with Crippen LogP contribution in [0, 0.1) is 6.92 Å². The molecule has 24 heavy (non-hydrogen) atoms. The van der Waals surface area contributed by atoms with Crippen LogP contribution in [0.3, 0.4) is 0 Å². The summed E-state index contributed by atoms with van der Waals surface area (Å²) in [5.41, 5.74) is 9.16. The Balaban J connectivity index is 1.75. The van der Waals surface area contributed by atoms with Crippen LogP contribution < -0.4 is 15.2 Å². The molecule has 0 spiro atoms. The molecular weight excluding hydrogens is 298 g/mol. The number of nitrogen functional groups attached to an aromatic ring is 1. The molecule has 2 N–H and O–H groups in total. The maximum atomic E-state index is 5.79. The van der Waals surface area contributed by atoms with E-state index >= 15 is 0 Å². The lowest BCUT2D eigenvalue weighted by atomic mass is 9.82. The molecule has 0 aliphatic rings. The van der Waals surface area contributed by atoms with Gasteiger partial charge < -0.3 is 15.2 Å². The zero-order valence-corrected chi connectivity index (χ0v) is 15.3. The van der Waals surface area contributed by atoms with Crippen LogP contribution in [-0.2, 0) is 5.41 Å². The summed E-state index contributed by atoms with van der Waals surface area (Å²) in [4.78, 5) is 0. The Kier molecular flexibility index (Phi) is 6.13. The fourth-order valence-electron chi connectivity index (χ4n) is 2.41. The number of hydrogen-bond donors (Lipinski definition) is 1. The highest BCUT2D eigenvalue weighted by Gasteiger charge is 2.17. The molecule has 0 bridgehead atoms. The smallest absolute Gasteiger partial charge is 0.124 e. The van der Waals surface area contributed by atoms with Gasteiger partial charge in [0.25, 0.3) is 0 Å². The maximum absolute atomic E-state index is 5.79. The summed E-state index contributed by atoms with van der Waals surface area (Å²) < 4.78 is 11.6. The van der Waals surface area contributed by atoms with Crippen LogP contribution in [0.15, 0.2) is 42.5 Å². The van der Waals surface area contributed by atoms with Gasteiger partial charge in [-0.1, -0.05) is 39.0 Å². The van der Waals surface area contributed by atoms with Gasteiger partial charge in [-0.15, -0.1) is 0 Å². The number of aryl methyl sites for hydroxylation is 1. The Labute approximate surface area is 145 Å². The van der Waals surface area contributed by atoms with Crippen molar-refractivity contribution in [2.75, 3.05) is 18.9 Å². The standard InChI is InChI=1S/C21H29NO2/c1-5-21(3,4)17-8-11-19(12-9-17)23-13-6-14-24-20-15-18(22)10-7-16(20)2/h7-12,15H,5-6,13-14,22H2,1-4H3. The molecule has 3 heteroatoms. The van der Waals surface area contributed by atoms with Gasteiger partial charge in [0.15, 0.2) is 0 Å². The van der Waals surface area contributed by atoms with Crippen molar-refractivity contribution in [1.29, 1.82) is 0 Å². The summed E-state index contributed by atoms with van der Waals surface area (Å²) in [5, 5.41) is 0. The second kappa shape index (κ2) is 8.09. The van der Waals surface area contributed by atoms with Gasteiger partial charge in [-0.05, 0) is 48.1 Å². The van der Waals surface area contributed by atoms with Crippen LogP contribution in [-0.4, -0.2) is 13.2 Å². The predicted octanol–water partition coefficient (Wildman–Crippen LogP) is 5.11. The number of ether oxygens (including phenoxy) is 2. The van der Waals surface area contributed by atoms with E-state index in [2.05, 4.69) is 45.0 Å². The van der Waals surface area contributed by atoms with E-state index in [0.717, 1.165) is 35.6 Å². The molecule has 0 radical (unpaired) electrons. The molecule has 0 heterocycles. The lowest BCUT2D eigenvalue weighted by Crippen LogP contribution is -2.15. The minimum absolute atomic E-state index is 0.210. The van der Waals surface area contributed by atoms with Crippen molar-refractivity contribution in [2.24, 2.45) is 0 Å². The first-order valence-corrected chi connectivity index (χ1v) is 8.64. The monoisotopic (exact) mass is 327 g/mol. The molecule has 0 atom stereocenters. The number of benzene rings is 2. The highest BCUT2D eigenvalue weighted by atomic mass is 16.5. The third-order valence-corrected chi connectivity index (χ3v) is 4.55. The first kappa shape index (κ1) is 18.2. The fraction of sp³-hybridized carbons (Fsp3) is 0.429. The van der Waals surface area contributed by atoms with E-state index in [9.17, 15) is 0 Å². The van der Waals surface area contributed by atoms with Gasteiger partial charge in [-0.3, -0.25) is 0 Å². The van der Waals surface area contributed by atoms with Crippen LogP contribution in [0.1, 0.15) is 44.7 Å². The second-order valence-electron chi connectivity index (χ2n) is 6.84. The molecule has 2 aromatic carbocycles. The molecule has 0 fully saturated rings. The molecule has 0 saturated carbocycles. The Hall–Kier alpha value is -2.16. The minimum Gasteiger partial charge on any atom is -0.493 e. The molecule has 0 unspecified atom stereocenters. The minimum atomic E-state index is 0.210. The average Bonchev–Trinajstić information content (AvgIpc) is 2.58. The molecule has 2 aromatic rings. The summed E-state index contributed by atoms with van der Waals surface area (Å²) in [5.74, 6) is 1.76. The molecule has 2 rings (SSSR count). The lowest BCUT2D eigenvalue weighted by molar-refractivity contribution is 0.246. The van der Waals surface area contributed by atoms with Gasteiger partial charge in [0.1, 0.15) is 11.5 Å². The van der Waals surface area contributed by atoms with E-state index in [-0.39, 0.29) is 5.41 Å². The highest BCUT2D eigenvalue weighted by Crippen LogP contribution is 2.28. The Morgan fingerprint density at radius 3 is 2.29 bits per heavy atom. The summed E-state index contributed by atoms with van der Waals surface area (Å²) >= 11 is 0. The zero-order chi connectivity index (χ0) is 17.6. The van der Waals surface area contributed by atoms with Crippen molar-refractivity contribution in [3.63, 3.8) is 0 Å². The third-order valence-electron chi connectivity index (χ3n) is 4.55. The maximum Gasteiger partial charge on any atom is 0.124 e. The van der Waals surface area contributed by atoms with Gasteiger partial charge >= 0.3 is 0 Å². The van der Waals surface area contributed by atoms with Crippen molar-refractivity contribution >= 4 is 5.69 Å². The van der Waals surface area contributed by atoms with Gasteiger partial charge in [0, 0.05) is 18.2 Å². The van der Waals surface area contributed by atoms with Crippen molar-refractivity contribution < 1.29 is 9.47 Å². The van der Waals surface area contributed by atoms with Crippen LogP contribution in [0.4, 0.5) is 5.69 Å². The molecule has 0 aliphatic carbocycles. The zero-order valence-electron chi connectivity index (χ0n) is 15.3. The summed E-state index contributed by atoms with van der Waals surface area (Å²) in [6.07, 6.45) is 1.95. The third kappa shape index (κ3) is 4.92. The van der Waals surface area contributed by atoms with Crippen molar-refractivity contribution in [2.45, 2.75) is 46.0 Å². The first-order valence-electron chi connectivity index (χ1n) is 8.64. The largest absolute Gasteiger partial charge is 0.493 e. The fourth-order valence-corrected chi connectivity index (χ4v) is 2.41. The van der Waals surface area contributed by atoms with Crippen LogP contribution in [0.25, 0.3) is 0 Å².